The van der Waals surface area contributed by atoms with E-state index >= 15 is 0 Å². The minimum Gasteiger partial charge on any atom is -0.456 e. The molecule has 0 radical (unpaired) electrons. The lowest BCUT2D eigenvalue weighted by molar-refractivity contribution is 0.609. The molecule has 1 aromatic heterocycles. The zero-order valence-electron chi connectivity index (χ0n) is 27.7. The third-order valence-electron chi connectivity index (χ3n) is 10.7. The highest BCUT2D eigenvalue weighted by Crippen LogP contribution is 2.48. The molecular weight excluding hydrogens is 607 g/mol. The molecule has 0 saturated carbocycles. The van der Waals surface area contributed by atoms with Crippen LogP contribution in [0.5, 0.6) is 0 Å². The predicted molar refractivity (Wildman–Crippen MR) is 209 cm³/mol. The van der Waals surface area contributed by atoms with Crippen molar-refractivity contribution in [1.82, 2.24) is 0 Å². The van der Waals surface area contributed by atoms with Crippen molar-refractivity contribution in [3.63, 3.8) is 0 Å². The molecule has 2 atom stereocenters. The summed E-state index contributed by atoms with van der Waals surface area (Å²) in [7, 11) is 0. The standard InChI is InChI=1S/C48H35NO/c1-2-12-33(13-3-1)39-16-8-10-20-44(39)49(45-31-35-14-4-5-15-38(35)41-17-6-7-18-42(41)45)37-26-22-32(23-27-37)34-24-28-40-36(30-34)25-29-47-48(40)43-19-9-11-21-46(43)50-47/h1-6,8-17,19-31,35,38H,7,18H2. The number of fused-ring (bicyclic) bond motifs is 7. The summed E-state index contributed by atoms with van der Waals surface area (Å²) in [6.45, 7) is 0. The van der Waals surface area contributed by atoms with Crippen molar-refractivity contribution in [2.24, 2.45) is 11.8 Å². The summed E-state index contributed by atoms with van der Waals surface area (Å²) in [5.74, 6) is 0.705. The number of nitrogens with zero attached hydrogens (tertiary/aromatic N) is 1. The molecule has 1 heterocycles. The van der Waals surface area contributed by atoms with E-state index in [1.54, 1.807) is 0 Å². The third-order valence-corrected chi connectivity index (χ3v) is 10.7. The number of para-hydroxylation sites is 2. The van der Waals surface area contributed by atoms with E-state index in [0.717, 1.165) is 35.1 Å². The first kappa shape index (κ1) is 28.9. The van der Waals surface area contributed by atoms with E-state index in [1.807, 2.05) is 12.1 Å². The molecule has 6 aromatic carbocycles. The van der Waals surface area contributed by atoms with Gasteiger partial charge in [-0.15, -0.1) is 0 Å². The van der Waals surface area contributed by atoms with Crippen molar-refractivity contribution < 1.29 is 4.42 Å². The van der Waals surface area contributed by atoms with Gasteiger partial charge < -0.3 is 9.32 Å². The first-order chi connectivity index (χ1) is 24.8. The van der Waals surface area contributed by atoms with Gasteiger partial charge in [-0.2, -0.15) is 0 Å². The van der Waals surface area contributed by atoms with Crippen molar-refractivity contribution in [3.05, 3.63) is 193 Å². The highest BCUT2D eigenvalue weighted by Gasteiger charge is 2.33. The highest BCUT2D eigenvalue weighted by molar-refractivity contribution is 6.19. The number of rotatable bonds is 5. The second-order valence-electron chi connectivity index (χ2n) is 13.5. The molecule has 3 aliphatic carbocycles. The van der Waals surface area contributed by atoms with E-state index in [0.29, 0.717) is 11.8 Å². The Labute approximate surface area is 292 Å². The Morgan fingerprint density at radius 1 is 0.620 bits per heavy atom. The fraction of sp³-hybridized carbons (Fsp3) is 0.0833. The van der Waals surface area contributed by atoms with Crippen molar-refractivity contribution in [1.29, 1.82) is 0 Å². The minimum atomic E-state index is 0.318. The maximum Gasteiger partial charge on any atom is 0.136 e. The molecular formula is C48H35NO. The SMILES string of the molecule is C1=CC2C=C(N(c3ccc(-c4ccc5c(ccc6oc7ccccc7c65)c4)cc3)c3ccccc3-c3ccccc3)C3=C(C=CCC3)C2C=C1. The Bertz CT molecular complexity index is 2590. The molecule has 50 heavy (non-hydrogen) atoms. The first-order valence-electron chi connectivity index (χ1n) is 17.7. The summed E-state index contributed by atoms with van der Waals surface area (Å²) < 4.78 is 6.17. The second kappa shape index (κ2) is 11.8. The van der Waals surface area contributed by atoms with Gasteiger partial charge in [0.15, 0.2) is 0 Å². The molecule has 0 amide bonds. The average Bonchev–Trinajstić information content (AvgIpc) is 3.58. The van der Waals surface area contributed by atoms with E-state index in [2.05, 4.69) is 169 Å². The molecule has 10 rings (SSSR count). The molecule has 2 unspecified atom stereocenters. The number of furan rings is 1. The van der Waals surface area contributed by atoms with Crippen LogP contribution in [0.3, 0.4) is 0 Å². The van der Waals surface area contributed by atoms with Crippen molar-refractivity contribution in [2.45, 2.75) is 12.8 Å². The van der Waals surface area contributed by atoms with Gasteiger partial charge in [0.05, 0.1) is 5.69 Å². The smallest absolute Gasteiger partial charge is 0.136 e. The fourth-order valence-electron chi connectivity index (χ4n) is 8.33. The Morgan fingerprint density at radius 3 is 2.34 bits per heavy atom. The van der Waals surface area contributed by atoms with Crippen LogP contribution in [0.15, 0.2) is 197 Å². The third kappa shape index (κ3) is 4.71. The summed E-state index contributed by atoms with van der Waals surface area (Å²) in [6, 6.07) is 48.2. The van der Waals surface area contributed by atoms with Crippen LogP contribution in [0.1, 0.15) is 12.8 Å². The molecule has 238 valence electrons. The van der Waals surface area contributed by atoms with Crippen LogP contribution in [-0.4, -0.2) is 0 Å². The van der Waals surface area contributed by atoms with E-state index in [9.17, 15) is 0 Å². The molecule has 0 aliphatic heterocycles. The van der Waals surface area contributed by atoms with Crippen LogP contribution in [0.2, 0.25) is 0 Å². The van der Waals surface area contributed by atoms with Crippen molar-refractivity contribution >= 4 is 44.1 Å². The number of hydrogen-bond acceptors (Lipinski definition) is 2. The molecule has 0 N–H and O–H groups in total. The van der Waals surface area contributed by atoms with Gasteiger partial charge in [0.25, 0.3) is 0 Å². The topological polar surface area (TPSA) is 16.4 Å². The maximum atomic E-state index is 6.17. The molecule has 0 saturated heterocycles. The van der Waals surface area contributed by atoms with E-state index in [4.69, 9.17) is 4.42 Å². The van der Waals surface area contributed by atoms with Gasteiger partial charge in [-0.3, -0.25) is 0 Å². The molecule has 2 heteroatoms. The normalized spacial score (nSPS) is 18.0. The summed E-state index contributed by atoms with van der Waals surface area (Å²) in [6.07, 6.45) is 18.5. The Balaban J connectivity index is 1.11. The monoisotopic (exact) mass is 641 g/mol. The van der Waals surface area contributed by atoms with E-state index in [1.165, 1.54) is 60.9 Å². The predicted octanol–water partition coefficient (Wildman–Crippen LogP) is 13.1. The number of benzene rings is 6. The summed E-state index contributed by atoms with van der Waals surface area (Å²) in [5.41, 5.74) is 13.2. The summed E-state index contributed by atoms with van der Waals surface area (Å²) >= 11 is 0. The van der Waals surface area contributed by atoms with Gasteiger partial charge in [-0.25, -0.2) is 0 Å². The average molecular weight is 642 g/mol. The van der Waals surface area contributed by atoms with Crippen LogP contribution < -0.4 is 4.90 Å². The molecule has 3 aliphatic rings. The largest absolute Gasteiger partial charge is 0.456 e. The molecule has 2 nitrogen and oxygen atoms in total. The first-order valence-corrected chi connectivity index (χ1v) is 17.7. The molecule has 7 aromatic rings. The number of anilines is 2. The van der Waals surface area contributed by atoms with Crippen LogP contribution in [0, 0.1) is 11.8 Å². The lowest BCUT2D eigenvalue weighted by atomic mass is 9.73. The zero-order valence-corrected chi connectivity index (χ0v) is 27.7. The molecule has 0 spiro atoms. The van der Waals surface area contributed by atoms with Gasteiger partial charge in [-0.1, -0.05) is 140 Å². The van der Waals surface area contributed by atoms with E-state index < -0.39 is 0 Å². The second-order valence-corrected chi connectivity index (χ2v) is 13.5. The fourth-order valence-corrected chi connectivity index (χ4v) is 8.33. The van der Waals surface area contributed by atoms with E-state index in [-0.39, 0.29) is 0 Å². The Hall–Kier alpha value is -6.12. The number of hydrogen-bond donors (Lipinski definition) is 0. The van der Waals surface area contributed by atoms with Gasteiger partial charge >= 0.3 is 0 Å². The van der Waals surface area contributed by atoms with Crippen molar-refractivity contribution in [3.8, 4) is 22.3 Å². The van der Waals surface area contributed by atoms with Gasteiger partial charge in [0.1, 0.15) is 11.2 Å². The lowest BCUT2D eigenvalue weighted by Crippen LogP contribution is -2.28. The zero-order chi connectivity index (χ0) is 33.0. The van der Waals surface area contributed by atoms with Crippen LogP contribution in [0.25, 0.3) is 55.0 Å². The maximum absolute atomic E-state index is 6.17. The summed E-state index contributed by atoms with van der Waals surface area (Å²) in [4.78, 5) is 2.52. The van der Waals surface area contributed by atoms with Gasteiger partial charge in [0.2, 0.25) is 0 Å². The summed E-state index contributed by atoms with van der Waals surface area (Å²) in [5, 5.41) is 4.78. The Kier molecular flexibility index (Phi) is 6.80. The lowest BCUT2D eigenvalue weighted by Gasteiger charge is -2.39. The Morgan fingerprint density at radius 2 is 1.42 bits per heavy atom. The van der Waals surface area contributed by atoms with Crippen LogP contribution in [0.4, 0.5) is 11.4 Å². The molecule has 0 bridgehead atoms. The van der Waals surface area contributed by atoms with Gasteiger partial charge in [0, 0.05) is 39.6 Å². The van der Waals surface area contributed by atoms with Gasteiger partial charge in [-0.05, 0) is 87.8 Å². The van der Waals surface area contributed by atoms with Crippen LogP contribution >= 0.6 is 0 Å². The minimum absolute atomic E-state index is 0.318. The van der Waals surface area contributed by atoms with Crippen molar-refractivity contribution in [2.75, 3.05) is 4.90 Å². The number of allylic oxidation sites excluding steroid dienone is 9. The highest BCUT2D eigenvalue weighted by atomic mass is 16.3. The quantitative estimate of drug-likeness (QED) is 0.186. The molecule has 0 fully saturated rings. The van der Waals surface area contributed by atoms with Crippen LogP contribution in [-0.2, 0) is 0 Å².